The Bertz CT molecular complexity index is 872. The van der Waals surface area contributed by atoms with Gasteiger partial charge in [0.25, 0.3) is 5.91 Å². The van der Waals surface area contributed by atoms with E-state index in [1.54, 1.807) is 4.90 Å². The number of carbonyl (C=O) groups excluding carboxylic acids is 2. The van der Waals surface area contributed by atoms with Crippen molar-refractivity contribution in [1.82, 2.24) is 5.32 Å². The number of nitrogens with one attached hydrogen (secondary N) is 1. The van der Waals surface area contributed by atoms with Gasteiger partial charge in [0.2, 0.25) is 5.91 Å². The molecule has 2 aromatic rings. The first-order chi connectivity index (χ1) is 12.8. The van der Waals surface area contributed by atoms with Gasteiger partial charge in [0, 0.05) is 12.5 Å². The maximum Gasteiger partial charge on any atom is 0.254 e. The van der Waals surface area contributed by atoms with Gasteiger partial charge in [0.15, 0.2) is 0 Å². The molecule has 1 aliphatic heterocycles. The molecule has 27 heavy (non-hydrogen) atoms. The fourth-order valence-electron chi connectivity index (χ4n) is 3.55. The van der Waals surface area contributed by atoms with E-state index in [1.165, 1.54) is 6.92 Å². The first-order valence-electron chi connectivity index (χ1n) is 9.22. The molecule has 0 saturated carbocycles. The Morgan fingerprint density at radius 2 is 1.74 bits per heavy atom. The smallest absolute Gasteiger partial charge is 0.254 e. The van der Waals surface area contributed by atoms with Gasteiger partial charge in [-0.05, 0) is 56.5 Å². The minimum absolute atomic E-state index is 0.0971. The first kappa shape index (κ1) is 19.0. The lowest BCUT2D eigenvalue weighted by molar-refractivity contribution is -0.126. The predicted molar refractivity (Wildman–Crippen MR) is 106 cm³/mol. The highest BCUT2D eigenvalue weighted by molar-refractivity contribution is 6.07. The van der Waals surface area contributed by atoms with Crippen molar-refractivity contribution < 1.29 is 14.3 Å². The Balaban J connectivity index is 1.93. The highest BCUT2D eigenvalue weighted by Gasteiger charge is 2.39. The zero-order chi connectivity index (χ0) is 19.7. The summed E-state index contributed by atoms with van der Waals surface area (Å²) in [6, 6.07) is 11.2. The molecule has 0 aromatic heterocycles. The van der Waals surface area contributed by atoms with E-state index in [2.05, 4.69) is 5.32 Å². The Kier molecular flexibility index (Phi) is 5.22. The lowest BCUT2D eigenvalue weighted by Gasteiger charge is -2.20. The number of rotatable bonds is 5. The zero-order valence-corrected chi connectivity index (χ0v) is 16.5. The lowest BCUT2D eigenvalue weighted by Crippen LogP contribution is -2.36. The molecule has 2 aromatic carbocycles. The van der Waals surface area contributed by atoms with Gasteiger partial charge in [-0.15, -0.1) is 0 Å². The standard InChI is InChI=1S/C22H26N2O3/c1-13(2)27-18-10-8-17(9-11-18)12-24-21-15(4)7-6-14(3)19(21)20(22(24)26)23-16(5)25/h6-11,13,20H,12H2,1-5H3,(H,23,25). The highest BCUT2D eigenvalue weighted by atomic mass is 16.5. The minimum Gasteiger partial charge on any atom is -0.491 e. The molecule has 142 valence electrons. The van der Waals surface area contributed by atoms with Gasteiger partial charge in [0.05, 0.1) is 18.3 Å². The SMILES string of the molecule is CC(=O)NC1C(=O)N(Cc2ccc(OC(C)C)cc2)c2c(C)ccc(C)c21. The first-order valence-corrected chi connectivity index (χ1v) is 9.22. The molecule has 0 bridgehead atoms. The summed E-state index contributed by atoms with van der Waals surface area (Å²) in [4.78, 5) is 26.5. The van der Waals surface area contributed by atoms with Crippen LogP contribution in [0.25, 0.3) is 0 Å². The second-order valence-electron chi connectivity index (χ2n) is 7.33. The molecule has 1 heterocycles. The molecule has 1 unspecified atom stereocenters. The third kappa shape index (κ3) is 3.82. The summed E-state index contributed by atoms with van der Waals surface area (Å²) in [5, 5.41) is 2.81. The second kappa shape index (κ2) is 7.43. The van der Waals surface area contributed by atoms with Crippen LogP contribution in [0.5, 0.6) is 5.75 Å². The van der Waals surface area contributed by atoms with Crippen LogP contribution in [0.2, 0.25) is 0 Å². The van der Waals surface area contributed by atoms with Crippen LogP contribution in [0, 0.1) is 13.8 Å². The van der Waals surface area contributed by atoms with Crippen LogP contribution in [0.3, 0.4) is 0 Å². The van der Waals surface area contributed by atoms with Crippen LogP contribution in [-0.2, 0) is 16.1 Å². The minimum atomic E-state index is -0.624. The van der Waals surface area contributed by atoms with Crippen LogP contribution in [-0.4, -0.2) is 17.9 Å². The quantitative estimate of drug-likeness (QED) is 0.875. The second-order valence-corrected chi connectivity index (χ2v) is 7.33. The normalized spacial score (nSPS) is 15.9. The van der Waals surface area contributed by atoms with Crippen LogP contribution in [0.15, 0.2) is 36.4 Å². The molecule has 1 N–H and O–H groups in total. The number of fused-ring (bicyclic) bond motifs is 1. The van der Waals surface area contributed by atoms with E-state index in [9.17, 15) is 9.59 Å². The molecule has 3 rings (SSSR count). The van der Waals surface area contributed by atoms with Crippen molar-refractivity contribution in [2.45, 2.75) is 53.3 Å². The Morgan fingerprint density at radius 3 is 2.33 bits per heavy atom. The van der Waals surface area contributed by atoms with Crippen molar-refractivity contribution >= 4 is 17.5 Å². The van der Waals surface area contributed by atoms with E-state index in [-0.39, 0.29) is 17.9 Å². The van der Waals surface area contributed by atoms with Crippen molar-refractivity contribution in [1.29, 1.82) is 0 Å². The predicted octanol–water partition coefficient (Wildman–Crippen LogP) is 3.81. The van der Waals surface area contributed by atoms with Crippen molar-refractivity contribution in [3.8, 4) is 5.75 Å². The number of amides is 2. The molecule has 1 aliphatic rings. The van der Waals surface area contributed by atoms with Crippen molar-refractivity contribution in [3.63, 3.8) is 0 Å². The van der Waals surface area contributed by atoms with Gasteiger partial charge < -0.3 is 15.0 Å². The molecule has 0 radical (unpaired) electrons. The topological polar surface area (TPSA) is 58.6 Å². The van der Waals surface area contributed by atoms with Gasteiger partial charge in [-0.1, -0.05) is 24.3 Å². The number of anilines is 1. The van der Waals surface area contributed by atoms with Crippen LogP contribution >= 0.6 is 0 Å². The highest BCUT2D eigenvalue weighted by Crippen LogP contribution is 2.41. The number of benzene rings is 2. The Labute approximate surface area is 160 Å². The number of hydrogen-bond donors (Lipinski definition) is 1. The monoisotopic (exact) mass is 366 g/mol. The molecular formula is C22H26N2O3. The molecule has 0 fully saturated rings. The molecule has 5 heteroatoms. The van der Waals surface area contributed by atoms with E-state index in [0.29, 0.717) is 6.54 Å². The summed E-state index contributed by atoms with van der Waals surface area (Å²) in [6.45, 7) is 9.83. The average molecular weight is 366 g/mol. The van der Waals surface area contributed by atoms with Gasteiger partial charge in [-0.3, -0.25) is 9.59 Å². The van der Waals surface area contributed by atoms with Crippen molar-refractivity contribution in [3.05, 3.63) is 58.7 Å². The van der Waals surface area contributed by atoms with E-state index < -0.39 is 6.04 Å². The third-order valence-electron chi connectivity index (χ3n) is 4.69. The molecule has 1 atom stereocenters. The Morgan fingerprint density at radius 1 is 1.11 bits per heavy atom. The van der Waals surface area contributed by atoms with E-state index in [0.717, 1.165) is 33.7 Å². The molecule has 5 nitrogen and oxygen atoms in total. The van der Waals surface area contributed by atoms with E-state index >= 15 is 0 Å². The summed E-state index contributed by atoms with van der Waals surface area (Å²) in [7, 11) is 0. The maximum atomic E-state index is 13.1. The summed E-state index contributed by atoms with van der Waals surface area (Å²) < 4.78 is 5.68. The number of ether oxygens (including phenoxy) is 1. The van der Waals surface area contributed by atoms with E-state index in [4.69, 9.17) is 4.74 Å². The summed E-state index contributed by atoms with van der Waals surface area (Å²) in [6.07, 6.45) is 0.118. The van der Waals surface area contributed by atoms with Gasteiger partial charge in [-0.25, -0.2) is 0 Å². The molecule has 0 aliphatic carbocycles. The molecule has 0 saturated heterocycles. The van der Waals surface area contributed by atoms with E-state index in [1.807, 2.05) is 64.1 Å². The average Bonchev–Trinajstić information content (AvgIpc) is 2.86. The zero-order valence-electron chi connectivity index (χ0n) is 16.5. The van der Waals surface area contributed by atoms with Crippen LogP contribution in [0.4, 0.5) is 5.69 Å². The van der Waals surface area contributed by atoms with Crippen molar-refractivity contribution in [2.24, 2.45) is 0 Å². The van der Waals surface area contributed by atoms with Gasteiger partial charge in [-0.2, -0.15) is 0 Å². The third-order valence-corrected chi connectivity index (χ3v) is 4.69. The number of carbonyl (C=O) groups is 2. The fraction of sp³-hybridized carbons (Fsp3) is 0.364. The lowest BCUT2D eigenvalue weighted by atomic mass is 9.99. The molecule has 2 amide bonds. The van der Waals surface area contributed by atoms with Gasteiger partial charge in [0.1, 0.15) is 11.8 Å². The number of nitrogens with zero attached hydrogens (tertiary/aromatic N) is 1. The van der Waals surface area contributed by atoms with Gasteiger partial charge >= 0.3 is 0 Å². The summed E-state index contributed by atoms with van der Waals surface area (Å²) in [5.41, 5.74) is 4.84. The summed E-state index contributed by atoms with van der Waals surface area (Å²) >= 11 is 0. The van der Waals surface area contributed by atoms with Crippen LogP contribution < -0.4 is 15.0 Å². The number of hydrogen-bond acceptors (Lipinski definition) is 3. The Hall–Kier alpha value is -2.82. The van der Waals surface area contributed by atoms with Crippen LogP contribution in [0.1, 0.15) is 49.1 Å². The van der Waals surface area contributed by atoms with Crippen molar-refractivity contribution in [2.75, 3.05) is 4.90 Å². The number of aryl methyl sites for hydroxylation is 2. The fourth-order valence-corrected chi connectivity index (χ4v) is 3.55. The molecule has 0 spiro atoms. The summed E-state index contributed by atoms with van der Waals surface area (Å²) in [5.74, 6) is 0.502. The maximum absolute atomic E-state index is 13.1. The largest absolute Gasteiger partial charge is 0.491 e. The molecular weight excluding hydrogens is 340 g/mol.